The van der Waals surface area contributed by atoms with Gasteiger partial charge in [-0.15, -0.1) is 0 Å². The van der Waals surface area contributed by atoms with Gasteiger partial charge in [-0.25, -0.2) is 0 Å². The third-order valence-corrected chi connectivity index (χ3v) is 4.49. The first-order chi connectivity index (χ1) is 6.62. The van der Waals surface area contributed by atoms with Gasteiger partial charge < -0.3 is 5.73 Å². The lowest BCUT2D eigenvalue weighted by Gasteiger charge is -2.53. The Morgan fingerprint density at radius 2 is 1.79 bits per heavy atom. The molecule has 3 heteroatoms. The number of amides is 1. The fraction of sp³-hybridized carbons (Fsp3) is 0.818. The molecule has 0 aromatic rings. The van der Waals surface area contributed by atoms with Crippen LogP contribution in [0.15, 0.2) is 0 Å². The van der Waals surface area contributed by atoms with Crippen LogP contribution in [-0.2, 0) is 9.59 Å². The second kappa shape index (κ2) is 2.38. The molecule has 2 N–H and O–H groups in total. The Hall–Kier alpha value is -0.860. The molecule has 4 aliphatic carbocycles. The van der Waals surface area contributed by atoms with Crippen LogP contribution in [0.25, 0.3) is 0 Å². The standard InChI is InChI=1S/C11H15NO2/c12-10(14)11-4-6-1-7(5-11)3-8(2-6)9(11)13/h6-8H,1-5H2,(H2,12,14)/t6-,7+,8?,11?. The van der Waals surface area contributed by atoms with E-state index in [9.17, 15) is 9.59 Å². The van der Waals surface area contributed by atoms with Crippen molar-refractivity contribution in [1.82, 2.24) is 0 Å². The Bertz CT molecular complexity index is 309. The highest BCUT2D eigenvalue weighted by Crippen LogP contribution is 2.57. The zero-order valence-corrected chi connectivity index (χ0v) is 8.16. The number of hydrogen-bond donors (Lipinski definition) is 1. The molecule has 0 aromatic heterocycles. The van der Waals surface area contributed by atoms with Crippen LogP contribution in [0.3, 0.4) is 0 Å². The molecule has 0 aromatic carbocycles. The molecule has 4 aliphatic rings. The molecule has 0 saturated heterocycles. The average molecular weight is 193 g/mol. The molecule has 4 atom stereocenters. The second-order valence-corrected chi connectivity index (χ2v) is 5.35. The summed E-state index contributed by atoms with van der Waals surface area (Å²) < 4.78 is 0. The predicted octanol–water partition coefficient (Wildman–Crippen LogP) is 0.867. The largest absolute Gasteiger partial charge is 0.369 e. The lowest BCUT2D eigenvalue weighted by Crippen LogP contribution is -2.58. The van der Waals surface area contributed by atoms with Gasteiger partial charge in [0.1, 0.15) is 5.41 Å². The van der Waals surface area contributed by atoms with Crippen LogP contribution in [0, 0.1) is 23.2 Å². The maximum Gasteiger partial charge on any atom is 0.231 e. The SMILES string of the molecule is NC(=O)C12C[C@@H]3CC(C[C@@H](C3)C1)C2=O. The van der Waals surface area contributed by atoms with Crippen molar-refractivity contribution in [3.63, 3.8) is 0 Å². The van der Waals surface area contributed by atoms with E-state index >= 15 is 0 Å². The first kappa shape index (κ1) is 8.45. The Morgan fingerprint density at radius 3 is 2.29 bits per heavy atom. The van der Waals surface area contributed by atoms with Crippen molar-refractivity contribution in [3.05, 3.63) is 0 Å². The van der Waals surface area contributed by atoms with Crippen molar-refractivity contribution in [1.29, 1.82) is 0 Å². The molecule has 0 radical (unpaired) electrons. The van der Waals surface area contributed by atoms with E-state index in [0.717, 1.165) is 25.7 Å². The van der Waals surface area contributed by atoms with Crippen molar-refractivity contribution in [2.45, 2.75) is 32.1 Å². The summed E-state index contributed by atoms with van der Waals surface area (Å²) >= 11 is 0. The summed E-state index contributed by atoms with van der Waals surface area (Å²) in [6, 6.07) is 0. The summed E-state index contributed by atoms with van der Waals surface area (Å²) in [6.45, 7) is 0. The van der Waals surface area contributed by atoms with Gasteiger partial charge in [0.2, 0.25) is 5.91 Å². The minimum atomic E-state index is -0.741. The summed E-state index contributed by atoms with van der Waals surface area (Å²) in [6.07, 6.45) is 4.75. The van der Waals surface area contributed by atoms with Crippen LogP contribution in [0.2, 0.25) is 0 Å². The third kappa shape index (κ3) is 0.830. The highest BCUT2D eigenvalue weighted by atomic mass is 16.2. The van der Waals surface area contributed by atoms with Crippen LogP contribution in [-0.4, -0.2) is 11.7 Å². The van der Waals surface area contributed by atoms with Crippen LogP contribution in [0.4, 0.5) is 0 Å². The molecule has 2 unspecified atom stereocenters. The molecule has 14 heavy (non-hydrogen) atoms. The number of hydrogen-bond acceptors (Lipinski definition) is 2. The van der Waals surface area contributed by atoms with E-state index < -0.39 is 5.41 Å². The van der Waals surface area contributed by atoms with Crippen molar-refractivity contribution < 1.29 is 9.59 Å². The molecule has 0 aliphatic heterocycles. The number of carbonyl (C=O) groups is 2. The number of rotatable bonds is 1. The number of ketones is 1. The molecule has 0 spiro atoms. The van der Waals surface area contributed by atoms with Gasteiger partial charge in [0.25, 0.3) is 0 Å². The lowest BCUT2D eigenvalue weighted by atomic mass is 9.49. The van der Waals surface area contributed by atoms with E-state index in [1.165, 1.54) is 6.42 Å². The first-order valence-corrected chi connectivity index (χ1v) is 5.46. The van der Waals surface area contributed by atoms with Gasteiger partial charge in [-0.05, 0) is 43.9 Å². The molecule has 0 heterocycles. The number of Topliss-reactive ketones (excluding diaryl/α,β-unsaturated/α-hetero) is 1. The Balaban J connectivity index is 2.05. The summed E-state index contributed by atoms with van der Waals surface area (Å²) in [7, 11) is 0. The first-order valence-electron chi connectivity index (χ1n) is 5.46. The zero-order chi connectivity index (χ0) is 9.92. The quantitative estimate of drug-likeness (QED) is 0.628. The van der Waals surface area contributed by atoms with Crippen molar-refractivity contribution in [3.8, 4) is 0 Å². The van der Waals surface area contributed by atoms with Gasteiger partial charge in [0.05, 0.1) is 0 Å². The highest BCUT2D eigenvalue weighted by Gasteiger charge is 2.59. The fourth-order valence-corrected chi connectivity index (χ4v) is 4.10. The topological polar surface area (TPSA) is 60.2 Å². The second-order valence-electron chi connectivity index (χ2n) is 5.35. The van der Waals surface area contributed by atoms with Crippen molar-refractivity contribution >= 4 is 11.7 Å². The van der Waals surface area contributed by atoms with Gasteiger partial charge in [-0.1, -0.05) is 0 Å². The van der Waals surface area contributed by atoms with E-state index in [-0.39, 0.29) is 17.6 Å². The van der Waals surface area contributed by atoms with E-state index in [4.69, 9.17) is 5.73 Å². The lowest BCUT2D eigenvalue weighted by molar-refractivity contribution is -0.160. The molecule has 76 valence electrons. The molecular formula is C11H15NO2. The smallest absolute Gasteiger partial charge is 0.231 e. The number of primary amides is 1. The summed E-state index contributed by atoms with van der Waals surface area (Å²) in [5, 5.41) is 0. The van der Waals surface area contributed by atoms with Crippen LogP contribution < -0.4 is 5.73 Å². The van der Waals surface area contributed by atoms with Crippen molar-refractivity contribution in [2.24, 2.45) is 28.9 Å². The summed E-state index contributed by atoms with van der Waals surface area (Å²) in [5.41, 5.74) is 4.68. The van der Waals surface area contributed by atoms with Gasteiger partial charge in [-0.3, -0.25) is 9.59 Å². The zero-order valence-electron chi connectivity index (χ0n) is 8.16. The normalized spacial score (nSPS) is 49.7. The molecule has 1 amide bonds. The maximum absolute atomic E-state index is 12.0. The van der Waals surface area contributed by atoms with Crippen molar-refractivity contribution in [2.75, 3.05) is 0 Å². The number of nitrogens with two attached hydrogens (primary N) is 1. The van der Waals surface area contributed by atoms with Crippen LogP contribution in [0.1, 0.15) is 32.1 Å². The predicted molar refractivity (Wildman–Crippen MR) is 50.2 cm³/mol. The highest BCUT2D eigenvalue weighted by molar-refractivity contribution is 6.07. The molecular weight excluding hydrogens is 178 g/mol. The minimum Gasteiger partial charge on any atom is -0.369 e. The van der Waals surface area contributed by atoms with Gasteiger partial charge in [0, 0.05) is 5.92 Å². The van der Waals surface area contributed by atoms with E-state index in [1.807, 2.05) is 0 Å². The number of carbonyl (C=O) groups excluding carboxylic acids is 2. The Kier molecular flexibility index (Phi) is 1.44. The minimum absolute atomic E-state index is 0.161. The molecule has 4 fully saturated rings. The summed E-state index contributed by atoms with van der Waals surface area (Å²) in [4.78, 5) is 23.5. The monoisotopic (exact) mass is 193 g/mol. The average Bonchev–Trinajstić information content (AvgIpc) is 2.12. The summed E-state index contributed by atoms with van der Waals surface area (Å²) in [5.74, 6) is 1.16. The van der Waals surface area contributed by atoms with E-state index in [1.54, 1.807) is 0 Å². The molecule has 3 nitrogen and oxygen atoms in total. The van der Waals surface area contributed by atoms with E-state index in [0.29, 0.717) is 11.8 Å². The molecule has 4 saturated carbocycles. The fourth-order valence-electron chi connectivity index (χ4n) is 4.10. The maximum atomic E-state index is 12.0. The molecule has 4 bridgehead atoms. The van der Waals surface area contributed by atoms with E-state index in [2.05, 4.69) is 0 Å². The Morgan fingerprint density at radius 1 is 1.21 bits per heavy atom. The van der Waals surface area contributed by atoms with Gasteiger partial charge in [0.15, 0.2) is 5.78 Å². The van der Waals surface area contributed by atoms with Gasteiger partial charge >= 0.3 is 0 Å². The van der Waals surface area contributed by atoms with Gasteiger partial charge in [-0.2, -0.15) is 0 Å². The Labute approximate surface area is 83.0 Å². The van der Waals surface area contributed by atoms with Crippen LogP contribution >= 0.6 is 0 Å². The third-order valence-electron chi connectivity index (χ3n) is 4.49. The van der Waals surface area contributed by atoms with Crippen LogP contribution in [0.5, 0.6) is 0 Å². The molecule has 4 rings (SSSR count).